The highest BCUT2D eigenvalue weighted by Crippen LogP contribution is 2.35. The summed E-state index contributed by atoms with van der Waals surface area (Å²) in [5, 5.41) is 12.7. The van der Waals surface area contributed by atoms with Crippen LogP contribution < -0.4 is 15.4 Å². The first-order valence-electron chi connectivity index (χ1n) is 13.1. The number of benzene rings is 2. The summed E-state index contributed by atoms with van der Waals surface area (Å²) >= 11 is 0. The number of alkyl halides is 3. The van der Waals surface area contributed by atoms with Crippen molar-refractivity contribution < 1.29 is 31.8 Å². The quantitative estimate of drug-likeness (QED) is 0.244. The number of para-hydroxylation sites is 1. The minimum atomic E-state index is -4.65. The predicted octanol–water partition coefficient (Wildman–Crippen LogP) is 5.66. The number of rotatable bonds is 9. The van der Waals surface area contributed by atoms with Crippen molar-refractivity contribution >= 4 is 17.4 Å². The van der Waals surface area contributed by atoms with Crippen LogP contribution in [0.3, 0.4) is 0 Å². The van der Waals surface area contributed by atoms with Gasteiger partial charge >= 0.3 is 12.2 Å². The number of urea groups is 1. The highest BCUT2D eigenvalue weighted by molar-refractivity contribution is 6.00. The van der Waals surface area contributed by atoms with E-state index in [9.17, 15) is 22.4 Å². The van der Waals surface area contributed by atoms with Crippen LogP contribution in [0.4, 0.5) is 33.7 Å². The van der Waals surface area contributed by atoms with E-state index < -0.39 is 29.3 Å². The molecule has 220 valence electrons. The van der Waals surface area contributed by atoms with E-state index in [1.165, 1.54) is 30.5 Å². The van der Waals surface area contributed by atoms with Gasteiger partial charge in [-0.25, -0.2) is 9.18 Å². The van der Waals surface area contributed by atoms with Gasteiger partial charge in [0.2, 0.25) is 0 Å². The first kappa shape index (κ1) is 29.0. The monoisotopic (exact) mass is 585 g/mol. The molecule has 4 aromatic rings. The predicted molar refractivity (Wildman–Crippen MR) is 146 cm³/mol. The average Bonchev–Trinajstić information content (AvgIpc) is 3.44. The van der Waals surface area contributed by atoms with Crippen LogP contribution in [0.2, 0.25) is 0 Å². The molecule has 0 radical (unpaired) electrons. The van der Waals surface area contributed by atoms with E-state index in [1.807, 2.05) is 4.57 Å². The summed E-state index contributed by atoms with van der Waals surface area (Å²) in [4.78, 5) is 19.0. The molecule has 0 aliphatic carbocycles. The standard InChI is InChI=1S/C28H27F4N7O3/c29-22-16-19(35-27(40)36-23-5-2-1-4-21(23)28(30,31)32)6-7-25(22)42-20-8-9-33-24(17-20)26-37-34-18-39(26)11-3-10-38-12-14-41-15-13-38/h1-2,4-9,16-18H,3,10-15H2,(H2,35,36,40). The summed E-state index contributed by atoms with van der Waals surface area (Å²) in [6, 6.07) is 10.4. The maximum Gasteiger partial charge on any atom is 0.418 e. The summed E-state index contributed by atoms with van der Waals surface area (Å²) in [6.07, 6.45) is -0.623. The number of nitrogens with one attached hydrogen (secondary N) is 2. The Kier molecular flexibility index (Phi) is 8.93. The lowest BCUT2D eigenvalue weighted by atomic mass is 10.1. The van der Waals surface area contributed by atoms with E-state index in [0.717, 1.165) is 57.5 Å². The smallest absolute Gasteiger partial charge is 0.418 e. The van der Waals surface area contributed by atoms with E-state index in [-0.39, 0.29) is 11.4 Å². The van der Waals surface area contributed by atoms with Gasteiger partial charge in [0.15, 0.2) is 17.4 Å². The number of hydrogen-bond donors (Lipinski definition) is 2. The lowest BCUT2D eigenvalue weighted by Gasteiger charge is -2.26. The van der Waals surface area contributed by atoms with Gasteiger partial charge in [0, 0.05) is 50.2 Å². The summed E-state index contributed by atoms with van der Waals surface area (Å²) < 4.78 is 67.4. The van der Waals surface area contributed by atoms with Crippen molar-refractivity contribution in [3.63, 3.8) is 0 Å². The van der Waals surface area contributed by atoms with E-state index in [4.69, 9.17) is 9.47 Å². The summed E-state index contributed by atoms with van der Waals surface area (Å²) in [7, 11) is 0. The lowest BCUT2D eigenvalue weighted by Crippen LogP contribution is -2.37. The molecule has 1 aliphatic heterocycles. The maximum atomic E-state index is 14.9. The van der Waals surface area contributed by atoms with Crippen molar-refractivity contribution in [2.75, 3.05) is 43.5 Å². The van der Waals surface area contributed by atoms with Gasteiger partial charge in [-0.3, -0.25) is 9.88 Å². The number of aromatic nitrogens is 4. The van der Waals surface area contributed by atoms with Gasteiger partial charge in [-0.05, 0) is 36.8 Å². The molecule has 5 rings (SSSR count). The number of aryl methyl sites for hydroxylation is 1. The molecule has 14 heteroatoms. The number of morpholine rings is 1. The normalized spacial score (nSPS) is 14.0. The average molecular weight is 586 g/mol. The van der Waals surface area contributed by atoms with Crippen molar-refractivity contribution in [2.45, 2.75) is 19.1 Å². The fourth-order valence-electron chi connectivity index (χ4n) is 4.42. The fourth-order valence-corrected chi connectivity index (χ4v) is 4.42. The van der Waals surface area contributed by atoms with E-state index in [2.05, 4.69) is 30.7 Å². The number of halogens is 4. The van der Waals surface area contributed by atoms with Crippen LogP contribution in [0.15, 0.2) is 67.1 Å². The van der Waals surface area contributed by atoms with Gasteiger partial charge < -0.3 is 24.7 Å². The molecule has 0 unspecified atom stereocenters. The number of pyridine rings is 1. The van der Waals surface area contributed by atoms with Crippen LogP contribution in [0.1, 0.15) is 12.0 Å². The third-order valence-corrected chi connectivity index (χ3v) is 6.45. The SMILES string of the molecule is O=C(Nc1ccc(Oc2ccnc(-c3nncn3CCCN3CCOCC3)c2)c(F)c1)Nc1ccccc1C(F)(F)F. The second-order valence-corrected chi connectivity index (χ2v) is 9.40. The Hall–Kier alpha value is -4.56. The van der Waals surface area contributed by atoms with Crippen LogP contribution >= 0.6 is 0 Å². The number of anilines is 2. The van der Waals surface area contributed by atoms with Crippen LogP contribution in [-0.4, -0.2) is 63.5 Å². The number of carbonyl (C=O) groups is 1. The second kappa shape index (κ2) is 13.0. The lowest BCUT2D eigenvalue weighted by molar-refractivity contribution is -0.136. The van der Waals surface area contributed by atoms with Gasteiger partial charge in [0.05, 0.1) is 24.5 Å². The fraction of sp³-hybridized carbons (Fsp3) is 0.286. The maximum absolute atomic E-state index is 14.9. The first-order valence-corrected chi connectivity index (χ1v) is 13.1. The molecule has 10 nitrogen and oxygen atoms in total. The second-order valence-electron chi connectivity index (χ2n) is 9.40. The molecule has 2 aromatic heterocycles. The van der Waals surface area contributed by atoms with Gasteiger partial charge in [0.25, 0.3) is 0 Å². The third-order valence-electron chi connectivity index (χ3n) is 6.45. The van der Waals surface area contributed by atoms with Crippen molar-refractivity contribution in [2.24, 2.45) is 0 Å². The number of amides is 2. The Morgan fingerprint density at radius 2 is 1.83 bits per heavy atom. The molecule has 1 saturated heterocycles. The number of nitrogens with zero attached hydrogens (tertiary/aromatic N) is 5. The van der Waals surface area contributed by atoms with Crippen molar-refractivity contribution in [1.82, 2.24) is 24.6 Å². The minimum Gasteiger partial charge on any atom is -0.454 e. The summed E-state index contributed by atoms with van der Waals surface area (Å²) in [6.45, 7) is 4.91. The first-order chi connectivity index (χ1) is 20.3. The Morgan fingerprint density at radius 3 is 2.62 bits per heavy atom. The zero-order valence-corrected chi connectivity index (χ0v) is 22.3. The Labute approximate surface area is 238 Å². The highest BCUT2D eigenvalue weighted by Gasteiger charge is 2.33. The third kappa shape index (κ3) is 7.39. The molecule has 2 aromatic carbocycles. The molecule has 2 N–H and O–H groups in total. The van der Waals surface area contributed by atoms with Crippen molar-refractivity contribution in [3.05, 3.63) is 78.5 Å². The van der Waals surface area contributed by atoms with Crippen LogP contribution in [0, 0.1) is 5.82 Å². The number of hydrogen-bond acceptors (Lipinski definition) is 7. The summed E-state index contributed by atoms with van der Waals surface area (Å²) in [5.41, 5.74) is -0.921. The van der Waals surface area contributed by atoms with Gasteiger partial charge in [-0.15, -0.1) is 10.2 Å². The van der Waals surface area contributed by atoms with E-state index >= 15 is 0 Å². The molecule has 2 amide bonds. The van der Waals surface area contributed by atoms with E-state index in [1.54, 1.807) is 18.5 Å². The Bertz CT molecular complexity index is 1520. The van der Waals surface area contributed by atoms with Crippen molar-refractivity contribution in [3.8, 4) is 23.0 Å². The van der Waals surface area contributed by atoms with Crippen LogP contribution in [0.5, 0.6) is 11.5 Å². The molecule has 0 saturated carbocycles. The number of carbonyl (C=O) groups excluding carboxylic acids is 1. The molecule has 0 spiro atoms. The Morgan fingerprint density at radius 1 is 1.02 bits per heavy atom. The van der Waals surface area contributed by atoms with Crippen LogP contribution in [0.25, 0.3) is 11.5 Å². The van der Waals surface area contributed by atoms with Crippen LogP contribution in [-0.2, 0) is 17.5 Å². The molecule has 42 heavy (non-hydrogen) atoms. The molecule has 1 fully saturated rings. The minimum absolute atomic E-state index is 0.0161. The molecular formula is C28H27F4N7O3. The van der Waals surface area contributed by atoms with Gasteiger partial charge in [-0.1, -0.05) is 12.1 Å². The van der Waals surface area contributed by atoms with Gasteiger partial charge in [0.1, 0.15) is 17.8 Å². The summed E-state index contributed by atoms with van der Waals surface area (Å²) in [5.74, 6) is -0.0924. The Balaban J connectivity index is 1.20. The topological polar surface area (TPSA) is 106 Å². The zero-order valence-electron chi connectivity index (χ0n) is 22.3. The molecule has 1 aliphatic rings. The molecule has 0 bridgehead atoms. The molecule has 3 heterocycles. The largest absolute Gasteiger partial charge is 0.454 e. The molecular weight excluding hydrogens is 558 g/mol. The van der Waals surface area contributed by atoms with Gasteiger partial charge in [-0.2, -0.15) is 13.2 Å². The molecule has 0 atom stereocenters. The van der Waals surface area contributed by atoms with Crippen molar-refractivity contribution in [1.29, 1.82) is 0 Å². The highest BCUT2D eigenvalue weighted by atomic mass is 19.4. The number of ether oxygens (including phenoxy) is 2. The zero-order chi connectivity index (χ0) is 29.5. The van der Waals surface area contributed by atoms with E-state index in [0.29, 0.717) is 23.8 Å².